The number of carbonyl (C=O) groups excluding carboxylic acids is 2. The predicted molar refractivity (Wildman–Crippen MR) is 130 cm³/mol. The van der Waals surface area contributed by atoms with E-state index in [2.05, 4.69) is 21.2 Å². The summed E-state index contributed by atoms with van der Waals surface area (Å²) in [5.74, 6) is -1.09. The zero-order valence-electron chi connectivity index (χ0n) is 19.0. The number of nitrogens with one attached hydrogen (secondary N) is 1. The van der Waals surface area contributed by atoms with Crippen LogP contribution < -0.4 is 14.4 Å². The van der Waals surface area contributed by atoms with Crippen molar-refractivity contribution in [3.05, 3.63) is 62.6 Å². The molecule has 0 saturated heterocycles. The Labute approximate surface area is 206 Å². The molecular weight excluding hydrogens is 532 g/mol. The smallest absolute Gasteiger partial charge is 0.271 e. The van der Waals surface area contributed by atoms with Gasteiger partial charge in [-0.3, -0.25) is 24.0 Å². The van der Waals surface area contributed by atoms with Crippen LogP contribution in [0.5, 0.6) is 5.75 Å². The number of halogens is 1. The molecule has 1 atom stereocenters. The molecule has 184 valence electrons. The Balaban J connectivity index is 2.50. The lowest BCUT2D eigenvalue weighted by Gasteiger charge is -2.31. The Morgan fingerprint density at radius 3 is 2.32 bits per heavy atom. The third-order valence-corrected chi connectivity index (χ3v) is 6.66. The zero-order valence-corrected chi connectivity index (χ0v) is 21.4. The van der Waals surface area contributed by atoms with Crippen molar-refractivity contribution in [1.29, 1.82) is 0 Å². The van der Waals surface area contributed by atoms with Gasteiger partial charge < -0.3 is 15.0 Å². The topological polar surface area (TPSA) is 139 Å². The molecule has 0 aliphatic heterocycles. The molecule has 2 amide bonds. The monoisotopic (exact) mass is 556 g/mol. The third-order valence-electron chi connectivity index (χ3n) is 5.00. The van der Waals surface area contributed by atoms with Gasteiger partial charge in [-0.05, 0) is 30.7 Å². The summed E-state index contributed by atoms with van der Waals surface area (Å²) in [7, 11) is -1.37. The van der Waals surface area contributed by atoms with Crippen molar-refractivity contribution in [1.82, 2.24) is 10.2 Å². The summed E-state index contributed by atoms with van der Waals surface area (Å²) in [4.78, 5) is 37.5. The summed E-state index contributed by atoms with van der Waals surface area (Å²) in [6, 6.07) is 9.60. The minimum atomic E-state index is -4.08. The van der Waals surface area contributed by atoms with Gasteiger partial charge in [0.05, 0.1) is 18.3 Å². The minimum Gasteiger partial charge on any atom is -0.495 e. The summed E-state index contributed by atoms with van der Waals surface area (Å²) in [6.07, 6.45) is 0.875. The van der Waals surface area contributed by atoms with Gasteiger partial charge in [0.25, 0.3) is 5.69 Å². The van der Waals surface area contributed by atoms with E-state index in [0.29, 0.717) is 5.56 Å². The largest absolute Gasteiger partial charge is 0.495 e. The van der Waals surface area contributed by atoms with Crippen LogP contribution in [0.2, 0.25) is 0 Å². The molecule has 13 heteroatoms. The number of carbonyl (C=O) groups is 2. The number of benzene rings is 2. The SMILES string of the molecule is CNC(=O)[C@@H](C)N(Cc1ccc(Br)cc1)C(=O)CN(c1cc([N+](=O)[O-])ccc1OC)S(C)(=O)=O. The average Bonchev–Trinajstić information content (AvgIpc) is 2.79. The van der Waals surface area contributed by atoms with Crippen LogP contribution in [0.4, 0.5) is 11.4 Å². The number of hydrogen-bond donors (Lipinski definition) is 1. The van der Waals surface area contributed by atoms with Crippen molar-refractivity contribution >= 4 is 49.1 Å². The molecule has 0 aliphatic carbocycles. The highest BCUT2D eigenvalue weighted by Crippen LogP contribution is 2.33. The second-order valence-electron chi connectivity index (χ2n) is 7.32. The Morgan fingerprint density at radius 2 is 1.82 bits per heavy atom. The first-order chi connectivity index (χ1) is 15.9. The number of non-ortho nitro benzene ring substituents is 1. The molecule has 11 nitrogen and oxygen atoms in total. The van der Waals surface area contributed by atoms with Gasteiger partial charge in [0.2, 0.25) is 21.8 Å². The summed E-state index contributed by atoms with van der Waals surface area (Å²) in [6.45, 7) is 0.854. The standard InChI is InChI=1S/C21H25BrN4O7S/c1-14(21(28)23-2)24(12-15-5-7-16(22)8-6-15)20(27)13-25(34(4,31)32)18-11-17(26(29)30)9-10-19(18)33-3/h5-11,14H,12-13H2,1-4H3,(H,23,28)/t14-/m1/s1. The number of amides is 2. The Bertz CT molecular complexity index is 1170. The molecule has 0 bridgehead atoms. The molecule has 0 radical (unpaired) electrons. The molecule has 34 heavy (non-hydrogen) atoms. The lowest BCUT2D eigenvalue weighted by Crippen LogP contribution is -2.50. The van der Waals surface area contributed by atoms with Crippen molar-refractivity contribution in [3.8, 4) is 5.75 Å². The van der Waals surface area contributed by atoms with Crippen molar-refractivity contribution in [3.63, 3.8) is 0 Å². The van der Waals surface area contributed by atoms with E-state index < -0.39 is 39.3 Å². The number of rotatable bonds is 10. The van der Waals surface area contributed by atoms with Crippen molar-refractivity contribution in [2.24, 2.45) is 0 Å². The number of methoxy groups -OCH3 is 1. The molecule has 0 saturated carbocycles. The fourth-order valence-electron chi connectivity index (χ4n) is 3.16. The fourth-order valence-corrected chi connectivity index (χ4v) is 4.27. The number of nitro benzene ring substituents is 1. The van der Waals surface area contributed by atoms with Gasteiger partial charge in [0.1, 0.15) is 24.0 Å². The van der Waals surface area contributed by atoms with Crippen LogP contribution in [0.25, 0.3) is 0 Å². The van der Waals surface area contributed by atoms with Gasteiger partial charge in [-0.1, -0.05) is 28.1 Å². The molecule has 0 unspecified atom stereocenters. The normalized spacial score (nSPS) is 11.9. The highest BCUT2D eigenvalue weighted by Gasteiger charge is 2.31. The van der Waals surface area contributed by atoms with Crippen molar-refractivity contribution < 1.29 is 27.7 Å². The summed E-state index contributed by atoms with van der Waals surface area (Å²) in [5.41, 5.74) is 0.178. The molecular formula is C21H25BrN4O7S. The van der Waals surface area contributed by atoms with Crippen LogP contribution in [0.1, 0.15) is 12.5 Å². The van der Waals surface area contributed by atoms with E-state index in [0.717, 1.165) is 27.2 Å². The zero-order chi connectivity index (χ0) is 25.6. The molecule has 1 N–H and O–H groups in total. The molecule has 0 spiro atoms. The van der Waals surface area contributed by atoms with Gasteiger partial charge in [0, 0.05) is 30.2 Å². The molecule has 0 aliphatic rings. The van der Waals surface area contributed by atoms with Crippen molar-refractivity contribution in [2.75, 3.05) is 31.3 Å². The van der Waals surface area contributed by atoms with Gasteiger partial charge in [-0.15, -0.1) is 0 Å². The maximum Gasteiger partial charge on any atom is 0.271 e. The molecule has 0 fully saturated rings. The lowest BCUT2D eigenvalue weighted by atomic mass is 10.1. The number of nitrogens with zero attached hydrogens (tertiary/aromatic N) is 3. The highest BCUT2D eigenvalue weighted by atomic mass is 79.9. The molecule has 2 rings (SSSR count). The van der Waals surface area contributed by atoms with E-state index in [1.165, 1.54) is 32.0 Å². The van der Waals surface area contributed by atoms with E-state index in [9.17, 15) is 28.1 Å². The summed E-state index contributed by atoms with van der Waals surface area (Å²) >= 11 is 3.34. The number of sulfonamides is 1. The van der Waals surface area contributed by atoms with Crippen LogP contribution in [-0.4, -0.2) is 63.1 Å². The lowest BCUT2D eigenvalue weighted by molar-refractivity contribution is -0.384. The summed E-state index contributed by atoms with van der Waals surface area (Å²) in [5, 5.41) is 13.7. The molecule has 2 aromatic rings. The second-order valence-corrected chi connectivity index (χ2v) is 10.1. The number of ether oxygens (including phenoxy) is 1. The van der Waals surface area contributed by atoms with E-state index >= 15 is 0 Å². The first-order valence-corrected chi connectivity index (χ1v) is 12.6. The van der Waals surface area contributed by atoms with Crippen LogP contribution in [-0.2, 0) is 26.2 Å². The Hall–Kier alpha value is -3.19. The highest BCUT2D eigenvalue weighted by molar-refractivity contribution is 9.10. The maximum absolute atomic E-state index is 13.4. The van der Waals surface area contributed by atoms with Crippen molar-refractivity contribution in [2.45, 2.75) is 19.5 Å². The van der Waals surface area contributed by atoms with Gasteiger partial charge >= 0.3 is 0 Å². The number of nitro groups is 1. The predicted octanol–water partition coefficient (Wildman–Crippen LogP) is 2.30. The number of likely N-dealkylation sites (N-methyl/N-ethyl adjacent to an activating group) is 1. The Kier molecular flexibility index (Phi) is 8.99. The van der Waals surface area contributed by atoms with Crippen LogP contribution in [0, 0.1) is 10.1 Å². The first kappa shape index (κ1) is 27.1. The molecule has 0 heterocycles. The molecule has 0 aromatic heterocycles. The Morgan fingerprint density at radius 1 is 1.21 bits per heavy atom. The van der Waals surface area contributed by atoms with E-state index in [1.54, 1.807) is 24.3 Å². The maximum atomic E-state index is 13.4. The summed E-state index contributed by atoms with van der Waals surface area (Å²) < 4.78 is 32.0. The van der Waals surface area contributed by atoms with Crippen LogP contribution in [0.3, 0.4) is 0 Å². The van der Waals surface area contributed by atoms with Gasteiger partial charge in [0.15, 0.2) is 0 Å². The molecule has 2 aromatic carbocycles. The van der Waals surface area contributed by atoms with Gasteiger partial charge in [-0.25, -0.2) is 8.42 Å². The van der Waals surface area contributed by atoms with E-state index in [1.807, 2.05) is 0 Å². The van der Waals surface area contributed by atoms with Gasteiger partial charge in [-0.2, -0.15) is 0 Å². The number of anilines is 1. The second kappa shape index (κ2) is 11.3. The van der Waals surface area contributed by atoms with Crippen LogP contribution in [0.15, 0.2) is 46.9 Å². The van der Waals surface area contributed by atoms with Crippen LogP contribution >= 0.6 is 15.9 Å². The quantitative estimate of drug-likeness (QED) is 0.349. The first-order valence-electron chi connectivity index (χ1n) is 9.94. The number of hydrogen-bond acceptors (Lipinski definition) is 7. The average molecular weight is 557 g/mol. The third kappa shape index (κ3) is 6.67. The van der Waals surface area contributed by atoms with E-state index in [4.69, 9.17) is 4.74 Å². The minimum absolute atomic E-state index is 0.0302. The van der Waals surface area contributed by atoms with E-state index in [-0.39, 0.29) is 23.7 Å². The fraction of sp³-hybridized carbons (Fsp3) is 0.333.